The van der Waals surface area contributed by atoms with Crippen LogP contribution in [0.15, 0.2) is 30.7 Å². The van der Waals surface area contributed by atoms with Crippen LogP contribution in [-0.4, -0.2) is 19.5 Å². The highest BCUT2D eigenvalue weighted by Crippen LogP contribution is 2.36. The molecule has 0 bridgehead atoms. The average Bonchev–Trinajstić information content (AvgIpc) is 2.93. The van der Waals surface area contributed by atoms with Crippen molar-refractivity contribution in [1.82, 2.24) is 19.5 Å². The van der Waals surface area contributed by atoms with E-state index in [-0.39, 0.29) is 0 Å². The predicted octanol–water partition coefficient (Wildman–Crippen LogP) is 4.56. The van der Waals surface area contributed by atoms with Crippen LogP contribution in [0.3, 0.4) is 0 Å². The van der Waals surface area contributed by atoms with Crippen LogP contribution in [0.4, 0.5) is 5.82 Å². The SMILES string of the molecule is Cc1c(C)n(C2CCCCC2)c2ncnc(NCc3ccccn3)c12. The Morgan fingerprint density at radius 1 is 1.08 bits per heavy atom. The molecular weight excluding hydrogens is 310 g/mol. The lowest BCUT2D eigenvalue weighted by atomic mass is 9.95. The summed E-state index contributed by atoms with van der Waals surface area (Å²) >= 11 is 0. The van der Waals surface area contributed by atoms with Gasteiger partial charge in [0, 0.05) is 17.9 Å². The summed E-state index contributed by atoms with van der Waals surface area (Å²) in [6.07, 6.45) is 10.0. The van der Waals surface area contributed by atoms with Gasteiger partial charge in [0.25, 0.3) is 0 Å². The Morgan fingerprint density at radius 3 is 2.68 bits per heavy atom. The van der Waals surface area contributed by atoms with Gasteiger partial charge in [0.2, 0.25) is 0 Å². The maximum atomic E-state index is 4.65. The number of hydrogen-bond donors (Lipinski definition) is 1. The molecule has 3 aromatic heterocycles. The third kappa shape index (κ3) is 2.99. The lowest BCUT2D eigenvalue weighted by molar-refractivity contribution is 0.355. The molecule has 5 nitrogen and oxygen atoms in total. The van der Waals surface area contributed by atoms with E-state index in [2.05, 4.69) is 38.7 Å². The van der Waals surface area contributed by atoms with Crippen LogP contribution in [0.2, 0.25) is 0 Å². The fourth-order valence-electron chi connectivity index (χ4n) is 4.02. The van der Waals surface area contributed by atoms with Crippen molar-refractivity contribution in [1.29, 1.82) is 0 Å². The van der Waals surface area contributed by atoms with E-state index < -0.39 is 0 Å². The van der Waals surface area contributed by atoms with Gasteiger partial charge >= 0.3 is 0 Å². The molecule has 0 unspecified atom stereocenters. The molecule has 0 aliphatic heterocycles. The van der Waals surface area contributed by atoms with Gasteiger partial charge in [-0.3, -0.25) is 4.98 Å². The maximum Gasteiger partial charge on any atom is 0.146 e. The Hall–Kier alpha value is -2.43. The number of fused-ring (bicyclic) bond motifs is 1. The van der Waals surface area contributed by atoms with E-state index in [4.69, 9.17) is 0 Å². The standard InChI is InChI=1S/C20H25N5/c1-14-15(2)25(17-9-4-3-5-10-17)20-18(14)19(23-13-24-20)22-12-16-8-6-7-11-21-16/h6-8,11,13,17H,3-5,9-10,12H2,1-2H3,(H,22,23,24). The first-order valence-corrected chi connectivity index (χ1v) is 9.21. The van der Waals surface area contributed by atoms with E-state index in [1.165, 1.54) is 43.4 Å². The Labute approximate surface area is 148 Å². The summed E-state index contributed by atoms with van der Waals surface area (Å²) in [6.45, 7) is 5.07. The van der Waals surface area contributed by atoms with Gasteiger partial charge in [0.05, 0.1) is 17.6 Å². The molecule has 1 aliphatic rings. The number of nitrogens with one attached hydrogen (secondary N) is 1. The molecule has 3 aromatic rings. The minimum Gasteiger partial charge on any atom is -0.364 e. The highest BCUT2D eigenvalue weighted by Gasteiger charge is 2.23. The largest absolute Gasteiger partial charge is 0.364 e. The molecule has 25 heavy (non-hydrogen) atoms. The van der Waals surface area contributed by atoms with Gasteiger partial charge in [0.1, 0.15) is 17.8 Å². The topological polar surface area (TPSA) is 55.6 Å². The molecule has 0 aromatic carbocycles. The molecule has 0 saturated heterocycles. The lowest BCUT2D eigenvalue weighted by Gasteiger charge is -2.25. The second-order valence-corrected chi connectivity index (χ2v) is 6.97. The summed E-state index contributed by atoms with van der Waals surface area (Å²) in [5.74, 6) is 0.908. The van der Waals surface area contributed by atoms with E-state index in [0.717, 1.165) is 22.5 Å². The number of hydrogen-bond acceptors (Lipinski definition) is 4. The monoisotopic (exact) mass is 335 g/mol. The lowest BCUT2D eigenvalue weighted by Crippen LogP contribution is -2.14. The first-order chi connectivity index (χ1) is 12.3. The van der Waals surface area contributed by atoms with Gasteiger partial charge in [0.15, 0.2) is 0 Å². The highest BCUT2D eigenvalue weighted by molar-refractivity contribution is 5.92. The van der Waals surface area contributed by atoms with Crippen molar-refractivity contribution in [3.63, 3.8) is 0 Å². The summed E-state index contributed by atoms with van der Waals surface area (Å²) in [6, 6.07) is 6.54. The molecule has 5 heteroatoms. The number of aromatic nitrogens is 4. The fraction of sp³-hybridized carbons (Fsp3) is 0.450. The van der Waals surface area contributed by atoms with Gasteiger partial charge in [-0.2, -0.15) is 0 Å². The van der Waals surface area contributed by atoms with Crippen molar-refractivity contribution in [2.75, 3.05) is 5.32 Å². The second-order valence-electron chi connectivity index (χ2n) is 6.97. The van der Waals surface area contributed by atoms with E-state index in [0.29, 0.717) is 12.6 Å². The number of pyridine rings is 1. The molecule has 1 N–H and O–H groups in total. The third-order valence-corrected chi connectivity index (χ3v) is 5.44. The van der Waals surface area contributed by atoms with E-state index in [1.54, 1.807) is 6.33 Å². The molecule has 0 spiro atoms. The van der Waals surface area contributed by atoms with Crippen molar-refractivity contribution in [3.8, 4) is 0 Å². The first kappa shape index (κ1) is 16.1. The Morgan fingerprint density at radius 2 is 1.92 bits per heavy atom. The number of aryl methyl sites for hydroxylation is 1. The van der Waals surface area contributed by atoms with Crippen LogP contribution < -0.4 is 5.32 Å². The Kier molecular flexibility index (Phi) is 4.38. The first-order valence-electron chi connectivity index (χ1n) is 9.21. The summed E-state index contributed by atoms with van der Waals surface area (Å²) in [5, 5.41) is 4.62. The molecule has 1 aliphatic carbocycles. The minimum absolute atomic E-state index is 0.573. The van der Waals surface area contributed by atoms with Gasteiger partial charge in [-0.25, -0.2) is 9.97 Å². The molecule has 0 atom stereocenters. The highest BCUT2D eigenvalue weighted by atomic mass is 15.1. The molecule has 3 heterocycles. The smallest absolute Gasteiger partial charge is 0.146 e. The normalized spacial score (nSPS) is 15.6. The van der Waals surface area contributed by atoms with E-state index in [1.807, 2.05) is 24.4 Å². The van der Waals surface area contributed by atoms with Crippen LogP contribution >= 0.6 is 0 Å². The average molecular weight is 335 g/mol. The Bertz CT molecular complexity index is 863. The number of anilines is 1. The Balaban J connectivity index is 1.71. The van der Waals surface area contributed by atoms with Crippen molar-refractivity contribution in [2.45, 2.75) is 58.5 Å². The zero-order valence-corrected chi connectivity index (χ0v) is 15.0. The zero-order valence-electron chi connectivity index (χ0n) is 15.0. The minimum atomic E-state index is 0.573. The fourth-order valence-corrected chi connectivity index (χ4v) is 4.02. The number of rotatable bonds is 4. The summed E-state index contributed by atoms with van der Waals surface area (Å²) in [7, 11) is 0. The van der Waals surface area contributed by atoms with Crippen molar-refractivity contribution in [3.05, 3.63) is 47.7 Å². The summed E-state index contributed by atoms with van der Waals surface area (Å²) in [4.78, 5) is 13.6. The van der Waals surface area contributed by atoms with Gasteiger partial charge in [-0.1, -0.05) is 25.3 Å². The van der Waals surface area contributed by atoms with Crippen molar-refractivity contribution >= 4 is 16.9 Å². The zero-order chi connectivity index (χ0) is 17.2. The van der Waals surface area contributed by atoms with Gasteiger partial charge in [-0.15, -0.1) is 0 Å². The molecule has 4 rings (SSSR count). The van der Waals surface area contributed by atoms with Crippen molar-refractivity contribution < 1.29 is 0 Å². The van der Waals surface area contributed by atoms with E-state index >= 15 is 0 Å². The maximum absolute atomic E-state index is 4.65. The predicted molar refractivity (Wildman–Crippen MR) is 101 cm³/mol. The van der Waals surface area contributed by atoms with Crippen LogP contribution in [0, 0.1) is 13.8 Å². The third-order valence-electron chi connectivity index (χ3n) is 5.44. The van der Waals surface area contributed by atoms with Gasteiger partial charge < -0.3 is 9.88 Å². The van der Waals surface area contributed by atoms with Gasteiger partial charge in [-0.05, 0) is 44.4 Å². The number of nitrogens with zero attached hydrogens (tertiary/aromatic N) is 4. The molecular formula is C20H25N5. The summed E-state index contributed by atoms with van der Waals surface area (Å²) in [5.41, 5.74) is 4.68. The van der Waals surface area contributed by atoms with Crippen molar-refractivity contribution in [2.24, 2.45) is 0 Å². The molecule has 0 radical (unpaired) electrons. The quantitative estimate of drug-likeness (QED) is 0.759. The van der Waals surface area contributed by atoms with Crippen LogP contribution in [0.1, 0.15) is 55.1 Å². The van der Waals surface area contributed by atoms with Crippen LogP contribution in [0.25, 0.3) is 11.0 Å². The summed E-state index contributed by atoms with van der Waals surface area (Å²) < 4.78 is 2.46. The van der Waals surface area contributed by atoms with Crippen LogP contribution in [0.5, 0.6) is 0 Å². The molecule has 1 fully saturated rings. The molecule has 130 valence electrons. The van der Waals surface area contributed by atoms with E-state index in [9.17, 15) is 0 Å². The van der Waals surface area contributed by atoms with Crippen LogP contribution in [-0.2, 0) is 6.54 Å². The molecule has 0 amide bonds. The molecule has 1 saturated carbocycles. The second kappa shape index (κ2) is 6.82.